The van der Waals surface area contributed by atoms with Crippen molar-refractivity contribution in [1.29, 1.82) is 0 Å². The zero-order chi connectivity index (χ0) is 14.2. The van der Waals surface area contributed by atoms with Gasteiger partial charge in [0.2, 0.25) is 0 Å². The molecule has 6 heteroatoms. The summed E-state index contributed by atoms with van der Waals surface area (Å²) in [6, 6.07) is 2.19. The van der Waals surface area contributed by atoms with Crippen molar-refractivity contribution in [1.82, 2.24) is 9.78 Å². The Hall–Kier alpha value is -1.66. The Kier molecular flexibility index (Phi) is 3.73. The number of nitrogens with zero attached hydrogens (tertiary/aromatic N) is 2. The van der Waals surface area contributed by atoms with E-state index >= 15 is 0 Å². The molecule has 0 atom stereocenters. The van der Waals surface area contributed by atoms with Crippen LogP contribution in [-0.4, -0.2) is 27.3 Å². The van der Waals surface area contributed by atoms with E-state index in [2.05, 4.69) is 5.10 Å². The molecule has 0 aliphatic carbocycles. The van der Waals surface area contributed by atoms with Gasteiger partial charge >= 0.3 is 0 Å². The van der Waals surface area contributed by atoms with Crippen LogP contribution in [0.4, 0.5) is 5.00 Å². The van der Waals surface area contributed by atoms with Gasteiger partial charge in [-0.2, -0.15) is 5.10 Å². The van der Waals surface area contributed by atoms with Gasteiger partial charge in [0.15, 0.2) is 5.78 Å². The van der Waals surface area contributed by atoms with Crippen molar-refractivity contribution in [3.05, 3.63) is 23.4 Å². The quantitative estimate of drug-likeness (QED) is 0.841. The van der Waals surface area contributed by atoms with Gasteiger partial charge in [0.25, 0.3) is 0 Å². The minimum absolute atomic E-state index is 0.282. The van der Waals surface area contributed by atoms with Gasteiger partial charge in [0.05, 0.1) is 15.4 Å². The fraction of sp³-hybridized carbons (Fsp3) is 0.385. The molecule has 19 heavy (non-hydrogen) atoms. The van der Waals surface area contributed by atoms with Gasteiger partial charge in [-0.25, -0.2) is 0 Å². The molecule has 2 aromatic rings. The average molecular weight is 279 g/mol. The lowest BCUT2D eigenvalue weighted by molar-refractivity contribution is 0.0904. The number of aromatic nitrogens is 2. The zero-order valence-electron chi connectivity index (χ0n) is 11.2. The van der Waals surface area contributed by atoms with Gasteiger partial charge in [-0.15, -0.1) is 11.3 Å². The number of Topliss-reactive ketones (excluding diaryl/α,β-unsaturated/α-hetero) is 1. The molecule has 0 aliphatic heterocycles. The van der Waals surface area contributed by atoms with Crippen molar-refractivity contribution in [2.75, 3.05) is 12.3 Å². The van der Waals surface area contributed by atoms with Crippen LogP contribution in [-0.2, 0) is 0 Å². The number of aliphatic hydroxyl groups is 1. The van der Waals surface area contributed by atoms with Crippen LogP contribution in [0.5, 0.6) is 0 Å². The SMILES string of the molecule is Cc1c(-c2ccn(C(C)C)n2)sc(N)c1C(=O)CO. The molecular formula is C13H17N3O2S. The molecule has 0 bridgehead atoms. The van der Waals surface area contributed by atoms with E-state index in [0.717, 1.165) is 16.1 Å². The second-order valence-corrected chi connectivity index (χ2v) is 5.70. The van der Waals surface area contributed by atoms with E-state index in [1.165, 1.54) is 11.3 Å². The normalized spacial score (nSPS) is 11.2. The summed E-state index contributed by atoms with van der Waals surface area (Å²) in [5.74, 6) is -0.346. The molecular weight excluding hydrogens is 262 g/mol. The van der Waals surface area contributed by atoms with Gasteiger partial charge in [-0.05, 0) is 32.4 Å². The summed E-state index contributed by atoms with van der Waals surface area (Å²) in [6.07, 6.45) is 1.91. The maximum atomic E-state index is 11.7. The lowest BCUT2D eigenvalue weighted by atomic mass is 10.1. The highest BCUT2D eigenvalue weighted by atomic mass is 32.1. The monoisotopic (exact) mass is 279 g/mol. The molecule has 102 valence electrons. The number of hydrogen-bond donors (Lipinski definition) is 2. The lowest BCUT2D eigenvalue weighted by Gasteiger charge is -2.03. The van der Waals surface area contributed by atoms with Gasteiger partial charge in [0.1, 0.15) is 12.3 Å². The summed E-state index contributed by atoms with van der Waals surface area (Å²) in [7, 11) is 0. The Morgan fingerprint density at radius 1 is 1.58 bits per heavy atom. The smallest absolute Gasteiger partial charge is 0.191 e. The van der Waals surface area contributed by atoms with Crippen LogP contribution in [0, 0.1) is 6.92 Å². The minimum Gasteiger partial charge on any atom is -0.390 e. The second-order valence-electron chi connectivity index (χ2n) is 4.65. The Bertz CT molecular complexity index is 613. The third-order valence-electron chi connectivity index (χ3n) is 2.97. The maximum absolute atomic E-state index is 11.7. The molecule has 0 amide bonds. The second kappa shape index (κ2) is 5.14. The van der Waals surface area contributed by atoms with Crippen molar-refractivity contribution < 1.29 is 9.90 Å². The van der Waals surface area contributed by atoms with Gasteiger partial charge in [0, 0.05) is 12.2 Å². The van der Waals surface area contributed by atoms with Crippen LogP contribution in [0.1, 0.15) is 35.8 Å². The lowest BCUT2D eigenvalue weighted by Crippen LogP contribution is -2.07. The number of carbonyl (C=O) groups excluding carboxylic acids is 1. The first-order chi connectivity index (χ1) is 8.95. The highest BCUT2D eigenvalue weighted by Crippen LogP contribution is 2.37. The summed E-state index contributed by atoms with van der Waals surface area (Å²) in [5, 5.41) is 13.9. The first-order valence-corrected chi connectivity index (χ1v) is 6.85. The number of ketones is 1. The van der Waals surface area contributed by atoms with Crippen LogP contribution in [0.15, 0.2) is 12.3 Å². The fourth-order valence-corrected chi connectivity index (χ4v) is 3.01. The van der Waals surface area contributed by atoms with E-state index in [0.29, 0.717) is 10.6 Å². The number of nitrogen functional groups attached to an aromatic ring is 1. The van der Waals surface area contributed by atoms with E-state index < -0.39 is 6.61 Å². The molecule has 0 aromatic carbocycles. The zero-order valence-corrected chi connectivity index (χ0v) is 12.0. The fourth-order valence-electron chi connectivity index (χ4n) is 1.95. The molecule has 0 spiro atoms. The summed E-state index contributed by atoms with van der Waals surface area (Å²) in [4.78, 5) is 12.5. The molecule has 2 aromatic heterocycles. The molecule has 3 N–H and O–H groups in total. The van der Waals surface area contributed by atoms with E-state index in [1.807, 2.05) is 37.7 Å². The van der Waals surface area contributed by atoms with Crippen molar-refractivity contribution in [2.45, 2.75) is 26.8 Å². The third-order valence-corrected chi connectivity index (χ3v) is 4.11. The molecule has 2 heterocycles. The number of carbonyl (C=O) groups is 1. The molecule has 2 rings (SSSR count). The largest absolute Gasteiger partial charge is 0.390 e. The predicted molar refractivity (Wildman–Crippen MR) is 76.5 cm³/mol. The molecule has 0 saturated carbocycles. The first-order valence-electron chi connectivity index (χ1n) is 6.04. The standard InChI is InChI=1S/C13H17N3O2S/c1-7(2)16-5-4-9(15-16)12-8(3)11(10(18)6-17)13(14)19-12/h4-5,7,17H,6,14H2,1-3H3. The van der Waals surface area contributed by atoms with Gasteiger partial charge < -0.3 is 10.8 Å². The summed E-state index contributed by atoms with van der Waals surface area (Å²) < 4.78 is 1.86. The molecule has 0 radical (unpaired) electrons. The number of rotatable bonds is 4. The predicted octanol–water partition coefficient (Wildman–Crippen LogP) is 2.26. The summed E-state index contributed by atoms with van der Waals surface area (Å²) in [5.41, 5.74) is 7.89. The number of aliphatic hydroxyl groups excluding tert-OH is 1. The van der Waals surface area contributed by atoms with Crippen molar-refractivity contribution >= 4 is 22.1 Å². The highest BCUT2D eigenvalue weighted by molar-refractivity contribution is 7.19. The Labute approximate surface area is 115 Å². The third kappa shape index (κ3) is 2.41. The van der Waals surface area contributed by atoms with Crippen LogP contribution in [0.2, 0.25) is 0 Å². The average Bonchev–Trinajstić information content (AvgIpc) is 2.94. The molecule has 0 saturated heterocycles. The van der Waals surface area contributed by atoms with Crippen molar-refractivity contribution in [3.8, 4) is 10.6 Å². The van der Waals surface area contributed by atoms with Crippen LogP contribution < -0.4 is 5.73 Å². The van der Waals surface area contributed by atoms with Crippen molar-refractivity contribution in [2.24, 2.45) is 0 Å². The Balaban J connectivity index is 2.48. The van der Waals surface area contributed by atoms with Crippen molar-refractivity contribution in [3.63, 3.8) is 0 Å². The van der Waals surface area contributed by atoms with E-state index in [4.69, 9.17) is 10.8 Å². The van der Waals surface area contributed by atoms with Crippen LogP contribution in [0.25, 0.3) is 10.6 Å². The number of thiophene rings is 1. The topological polar surface area (TPSA) is 81.1 Å². The van der Waals surface area contributed by atoms with Gasteiger partial charge in [-0.1, -0.05) is 0 Å². The van der Waals surface area contributed by atoms with E-state index in [9.17, 15) is 4.79 Å². The summed E-state index contributed by atoms with van der Waals surface area (Å²) in [6.45, 7) is 5.40. The highest BCUT2D eigenvalue weighted by Gasteiger charge is 2.20. The Morgan fingerprint density at radius 3 is 2.79 bits per heavy atom. The molecule has 5 nitrogen and oxygen atoms in total. The maximum Gasteiger partial charge on any atom is 0.191 e. The van der Waals surface area contributed by atoms with E-state index in [1.54, 1.807) is 0 Å². The van der Waals surface area contributed by atoms with E-state index in [-0.39, 0.29) is 11.8 Å². The van der Waals surface area contributed by atoms with Crippen LogP contribution in [0.3, 0.4) is 0 Å². The summed E-state index contributed by atoms with van der Waals surface area (Å²) >= 11 is 1.33. The molecule has 0 aliphatic rings. The van der Waals surface area contributed by atoms with Crippen LogP contribution >= 0.6 is 11.3 Å². The Morgan fingerprint density at radius 2 is 2.26 bits per heavy atom. The minimum atomic E-state index is -0.526. The number of hydrogen-bond acceptors (Lipinski definition) is 5. The van der Waals surface area contributed by atoms with Gasteiger partial charge in [-0.3, -0.25) is 9.48 Å². The molecule has 0 fully saturated rings. The number of anilines is 1. The first kappa shape index (κ1) is 13.8. The number of nitrogens with two attached hydrogens (primary N) is 1. The molecule has 0 unspecified atom stereocenters.